The van der Waals surface area contributed by atoms with Crippen LogP contribution in [0.1, 0.15) is 49.4 Å². The van der Waals surface area contributed by atoms with Crippen LogP contribution in [0, 0.1) is 33.5 Å². The molecule has 0 spiro atoms. The van der Waals surface area contributed by atoms with Crippen molar-refractivity contribution in [2.75, 3.05) is 0 Å². The van der Waals surface area contributed by atoms with Crippen molar-refractivity contribution in [1.82, 2.24) is 4.90 Å². The summed E-state index contributed by atoms with van der Waals surface area (Å²) in [5.74, 6) is -0.576. The molecule has 3 aromatic carbocycles. The fourth-order valence-electron chi connectivity index (χ4n) is 5.60. The number of benzene rings is 3. The van der Waals surface area contributed by atoms with Crippen molar-refractivity contribution < 1.29 is 4.79 Å². The third-order valence-corrected chi connectivity index (χ3v) is 7.11. The number of nitrogens with zero attached hydrogens (tertiary/aromatic N) is 3. The minimum absolute atomic E-state index is 0.0295. The summed E-state index contributed by atoms with van der Waals surface area (Å²) in [4.78, 5) is 16.0. The molecule has 1 fully saturated rings. The Morgan fingerprint density at radius 1 is 0.909 bits per heavy atom. The molecule has 0 aromatic heterocycles. The highest BCUT2D eigenvalue weighted by atomic mass is 16.1. The average Bonchev–Trinajstić information content (AvgIpc) is 3.13. The third kappa shape index (κ3) is 2.91. The molecular formula is C29H25N3O. The SMILES string of the molecule is CC(C)(C)C(=O)[C@@H]1[C@H](c2cccc3ccccc23)C(C#N)(C#N)[C@@H]2c3ccccc3C=CN12. The van der Waals surface area contributed by atoms with Crippen molar-refractivity contribution in [1.29, 1.82) is 10.5 Å². The van der Waals surface area contributed by atoms with Crippen LogP contribution >= 0.6 is 0 Å². The second-order valence-corrected chi connectivity index (χ2v) is 9.99. The van der Waals surface area contributed by atoms with Gasteiger partial charge in [-0.15, -0.1) is 0 Å². The van der Waals surface area contributed by atoms with Crippen molar-refractivity contribution in [3.8, 4) is 12.1 Å². The Kier molecular flexibility index (Phi) is 4.66. The standard InChI is InChI=1S/C29H25N3O/c1-28(2,3)27(33)25-24(23-14-8-11-19-9-4-6-12-21(19)23)29(17-30,18-31)26-22-13-7-5-10-20(22)15-16-32(25)26/h4-16,24-26H,1-3H3/t24-,25-,26-/m0/s1. The number of hydrogen-bond donors (Lipinski definition) is 0. The summed E-state index contributed by atoms with van der Waals surface area (Å²) < 4.78 is 0. The van der Waals surface area contributed by atoms with Crippen LogP contribution in [-0.2, 0) is 4.79 Å². The fraction of sp³-hybridized carbons (Fsp3) is 0.276. The van der Waals surface area contributed by atoms with Crippen LogP contribution in [-0.4, -0.2) is 16.7 Å². The molecule has 0 amide bonds. The highest BCUT2D eigenvalue weighted by Crippen LogP contribution is 2.61. The molecule has 0 radical (unpaired) electrons. The number of nitriles is 2. The molecule has 0 bridgehead atoms. The van der Waals surface area contributed by atoms with E-state index in [9.17, 15) is 15.3 Å². The molecule has 162 valence electrons. The topological polar surface area (TPSA) is 67.9 Å². The molecule has 4 nitrogen and oxygen atoms in total. The zero-order valence-electron chi connectivity index (χ0n) is 19.0. The van der Waals surface area contributed by atoms with E-state index in [1.54, 1.807) is 0 Å². The molecule has 3 aromatic rings. The maximum absolute atomic E-state index is 14.0. The van der Waals surface area contributed by atoms with Gasteiger partial charge in [-0.1, -0.05) is 87.5 Å². The average molecular weight is 432 g/mol. The molecule has 1 saturated heterocycles. The van der Waals surface area contributed by atoms with Crippen LogP contribution in [0.4, 0.5) is 0 Å². The Morgan fingerprint density at radius 2 is 1.55 bits per heavy atom. The second kappa shape index (κ2) is 7.32. The third-order valence-electron chi connectivity index (χ3n) is 7.11. The van der Waals surface area contributed by atoms with E-state index in [-0.39, 0.29) is 5.78 Å². The molecule has 0 N–H and O–H groups in total. The van der Waals surface area contributed by atoms with Crippen molar-refractivity contribution in [3.63, 3.8) is 0 Å². The van der Waals surface area contributed by atoms with Gasteiger partial charge in [0.1, 0.15) is 0 Å². The Balaban J connectivity index is 1.86. The summed E-state index contributed by atoms with van der Waals surface area (Å²) in [7, 11) is 0. The van der Waals surface area contributed by atoms with Gasteiger partial charge < -0.3 is 4.90 Å². The summed E-state index contributed by atoms with van der Waals surface area (Å²) in [6.07, 6.45) is 3.90. The maximum Gasteiger partial charge on any atom is 0.177 e. The first-order valence-corrected chi connectivity index (χ1v) is 11.2. The minimum atomic E-state index is -1.43. The molecule has 5 rings (SSSR count). The number of ketones is 1. The lowest BCUT2D eigenvalue weighted by atomic mass is 9.66. The summed E-state index contributed by atoms with van der Waals surface area (Å²) in [6.45, 7) is 5.72. The molecule has 0 unspecified atom stereocenters. The van der Waals surface area contributed by atoms with Crippen molar-refractivity contribution in [2.45, 2.75) is 38.8 Å². The van der Waals surface area contributed by atoms with Crippen LogP contribution in [0.15, 0.2) is 72.9 Å². The predicted octanol–water partition coefficient (Wildman–Crippen LogP) is 5.98. The number of fused-ring (bicyclic) bond motifs is 4. The van der Waals surface area contributed by atoms with E-state index in [4.69, 9.17) is 0 Å². The molecule has 0 saturated carbocycles. The fourth-order valence-corrected chi connectivity index (χ4v) is 5.60. The zero-order chi connectivity index (χ0) is 23.4. The minimum Gasteiger partial charge on any atom is -0.357 e. The number of carbonyl (C=O) groups is 1. The van der Waals surface area contributed by atoms with E-state index in [2.05, 4.69) is 12.1 Å². The largest absolute Gasteiger partial charge is 0.357 e. The lowest BCUT2D eigenvalue weighted by Crippen LogP contribution is -2.43. The first-order chi connectivity index (χ1) is 15.8. The predicted molar refractivity (Wildman–Crippen MR) is 129 cm³/mol. The van der Waals surface area contributed by atoms with Gasteiger partial charge in [-0.25, -0.2) is 0 Å². The van der Waals surface area contributed by atoms with Gasteiger partial charge in [0.15, 0.2) is 11.2 Å². The van der Waals surface area contributed by atoms with Gasteiger partial charge >= 0.3 is 0 Å². The molecule has 33 heavy (non-hydrogen) atoms. The summed E-state index contributed by atoms with van der Waals surface area (Å²) >= 11 is 0. The van der Waals surface area contributed by atoms with E-state index < -0.39 is 28.8 Å². The van der Waals surface area contributed by atoms with Gasteiger partial charge in [-0.3, -0.25) is 4.79 Å². The maximum atomic E-state index is 14.0. The van der Waals surface area contributed by atoms with E-state index in [1.807, 2.05) is 105 Å². The number of Topliss-reactive ketones (excluding diaryl/α,β-unsaturated/α-hetero) is 1. The Labute approximate surface area is 194 Å². The molecule has 2 aliphatic rings. The molecular weight excluding hydrogens is 406 g/mol. The van der Waals surface area contributed by atoms with Gasteiger partial charge in [-0.05, 0) is 33.5 Å². The molecule has 2 heterocycles. The van der Waals surface area contributed by atoms with Crippen LogP contribution in [0.2, 0.25) is 0 Å². The first kappa shape index (κ1) is 21.0. The lowest BCUT2D eigenvalue weighted by molar-refractivity contribution is -0.130. The summed E-state index contributed by atoms with van der Waals surface area (Å²) in [5, 5.41) is 23.3. The van der Waals surface area contributed by atoms with Crippen molar-refractivity contribution in [2.24, 2.45) is 10.8 Å². The van der Waals surface area contributed by atoms with Crippen LogP contribution in [0.3, 0.4) is 0 Å². The summed E-state index contributed by atoms with van der Waals surface area (Å²) in [5.41, 5.74) is 0.700. The van der Waals surface area contributed by atoms with Crippen LogP contribution < -0.4 is 0 Å². The van der Waals surface area contributed by atoms with Crippen molar-refractivity contribution >= 4 is 22.6 Å². The normalized spacial score (nSPS) is 22.8. The number of carbonyl (C=O) groups excluding carboxylic acids is 1. The van der Waals surface area contributed by atoms with E-state index >= 15 is 0 Å². The number of hydrogen-bond acceptors (Lipinski definition) is 4. The Bertz CT molecular complexity index is 1360. The summed E-state index contributed by atoms with van der Waals surface area (Å²) in [6, 6.07) is 25.5. The molecule has 2 aliphatic heterocycles. The molecule has 4 heteroatoms. The van der Waals surface area contributed by atoms with Gasteiger partial charge in [0.25, 0.3) is 0 Å². The highest BCUT2D eigenvalue weighted by molar-refractivity contribution is 5.93. The molecule has 0 aliphatic carbocycles. The highest BCUT2D eigenvalue weighted by Gasteiger charge is 2.64. The van der Waals surface area contributed by atoms with E-state index in [0.29, 0.717) is 0 Å². The van der Waals surface area contributed by atoms with Crippen LogP contribution in [0.5, 0.6) is 0 Å². The quantitative estimate of drug-likeness (QED) is 0.500. The smallest absolute Gasteiger partial charge is 0.177 e. The van der Waals surface area contributed by atoms with Gasteiger partial charge in [0.05, 0.1) is 24.2 Å². The Hall–Kier alpha value is -3.89. The second-order valence-electron chi connectivity index (χ2n) is 9.99. The monoisotopic (exact) mass is 431 g/mol. The van der Waals surface area contributed by atoms with Crippen LogP contribution in [0.25, 0.3) is 16.8 Å². The van der Waals surface area contributed by atoms with E-state index in [1.165, 1.54) is 0 Å². The van der Waals surface area contributed by atoms with Gasteiger partial charge in [0, 0.05) is 17.5 Å². The van der Waals surface area contributed by atoms with Crippen molar-refractivity contribution in [3.05, 3.63) is 89.6 Å². The Morgan fingerprint density at radius 3 is 2.27 bits per heavy atom. The lowest BCUT2D eigenvalue weighted by Gasteiger charge is -2.36. The van der Waals surface area contributed by atoms with Gasteiger partial charge in [0.2, 0.25) is 0 Å². The zero-order valence-corrected chi connectivity index (χ0v) is 19.0. The first-order valence-electron chi connectivity index (χ1n) is 11.2. The van der Waals surface area contributed by atoms with E-state index in [0.717, 1.165) is 27.5 Å². The van der Waals surface area contributed by atoms with Gasteiger partial charge in [-0.2, -0.15) is 10.5 Å². The molecule has 3 atom stereocenters. The number of rotatable bonds is 2.